The van der Waals surface area contributed by atoms with Crippen LogP contribution in [0.25, 0.3) is 0 Å². The summed E-state index contributed by atoms with van der Waals surface area (Å²) in [6.07, 6.45) is 0.425. The van der Waals surface area contributed by atoms with Crippen molar-refractivity contribution in [3.05, 3.63) is 29.3 Å². The Morgan fingerprint density at radius 1 is 1.22 bits per heavy atom. The Labute approximate surface area is 141 Å². The van der Waals surface area contributed by atoms with Crippen LogP contribution in [0, 0.1) is 6.92 Å². The fourth-order valence-corrected chi connectivity index (χ4v) is 2.51. The Morgan fingerprint density at radius 2 is 1.87 bits per heavy atom. The van der Waals surface area contributed by atoms with Crippen LogP contribution in [0.1, 0.15) is 51.2 Å². The summed E-state index contributed by atoms with van der Waals surface area (Å²) in [7, 11) is 4.06. The number of carbonyl (C=O) groups is 1. The second-order valence-electron chi connectivity index (χ2n) is 6.93. The Bertz CT molecular complexity index is 512. The van der Waals surface area contributed by atoms with Gasteiger partial charge in [-0.2, -0.15) is 0 Å². The number of amides is 1. The number of carbonyl (C=O) groups excluding carboxylic acids is 1. The third kappa shape index (κ3) is 6.61. The molecule has 0 saturated carbocycles. The standard InChI is InChI=1S/C19H32N2O2/c1-13(2)18-9-8-17(12-14(18)3)23-16(5)19(22)20-15(4)10-11-21(6)7/h8-9,12-13,15-16H,10-11H2,1-7H3,(H,20,22). The zero-order chi connectivity index (χ0) is 17.6. The Balaban J connectivity index is 2.56. The molecule has 0 aromatic heterocycles. The lowest BCUT2D eigenvalue weighted by Crippen LogP contribution is -2.42. The topological polar surface area (TPSA) is 41.6 Å². The van der Waals surface area contributed by atoms with Gasteiger partial charge in [-0.1, -0.05) is 19.9 Å². The van der Waals surface area contributed by atoms with Gasteiger partial charge in [0.2, 0.25) is 0 Å². The summed E-state index contributed by atoms with van der Waals surface area (Å²) in [5.41, 5.74) is 2.51. The summed E-state index contributed by atoms with van der Waals surface area (Å²) in [5, 5.41) is 3.01. The maximum Gasteiger partial charge on any atom is 0.260 e. The molecular weight excluding hydrogens is 288 g/mol. The number of ether oxygens (including phenoxy) is 1. The lowest BCUT2D eigenvalue weighted by molar-refractivity contribution is -0.127. The molecule has 0 saturated heterocycles. The molecule has 0 aliphatic carbocycles. The van der Waals surface area contributed by atoms with Gasteiger partial charge in [0.25, 0.3) is 5.91 Å². The van der Waals surface area contributed by atoms with Crippen LogP contribution in [0.15, 0.2) is 18.2 Å². The molecule has 1 amide bonds. The van der Waals surface area contributed by atoms with Gasteiger partial charge in [0.15, 0.2) is 6.10 Å². The molecule has 1 N–H and O–H groups in total. The monoisotopic (exact) mass is 320 g/mol. The van der Waals surface area contributed by atoms with Crippen LogP contribution in [-0.2, 0) is 4.79 Å². The zero-order valence-electron chi connectivity index (χ0n) is 15.6. The third-order valence-electron chi connectivity index (χ3n) is 3.94. The van der Waals surface area contributed by atoms with Gasteiger partial charge in [0, 0.05) is 6.04 Å². The summed E-state index contributed by atoms with van der Waals surface area (Å²) in [6, 6.07) is 6.18. The molecule has 0 aliphatic heterocycles. The predicted molar refractivity (Wildman–Crippen MR) is 96.1 cm³/mol. The molecule has 1 aromatic rings. The van der Waals surface area contributed by atoms with E-state index in [0.717, 1.165) is 18.7 Å². The summed E-state index contributed by atoms with van der Waals surface area (Å²) in [4.78, 5) is 14.3. The summed E-state index contributed by atoms with van der Waals surface area (Å²) < 4.78 is 5.80. The van der Waals surface area contributed by atoms with Crippen molar-refractivity contribution < 1.29 is 9.53 Å². The number of rotatable bonds is 8. The van der Waals surface area contributed by atoms with Crippen molar-refractivity contribution in [2.45, 2.75) is 59.1 Å². The SMILES string of the molecule is Cc1cc(OC(C)C(=O)NC(C)CCN(C)C)ccc1C(C)C. The molecule has 2 atom stereocenters. The average Bonchev–Trinajstić information content (AvgIpc) is 2.44. The minimum Gasteiger partial charge on any atom is -0.481 e. The van der Waals surface area contributed by atoms with Crippen molar-refractivity contribution in [3.8, 4) is 5.75 Å². The van der Waals surface area contributed by atoms with E-state index in [1.54, 1.807) is 6.92 Å². The first-order chi connectivity index (χ1) is 10.7. The van der Waals surface area contributed by atoms with E-state index in [-0.39, 0.29) is 11.9 Å². The molecule has 1 rings (SSSR count). The Morgan fingerprint density at radius 3 is 2.39 bits per heavy atom. The van der Waals surface area contributed by atoms with E-state index >= 15 is 0 Å². The molecule has 0 radical (unpaired) electrons. The first-order valence-electron chi connectivity index (χ1n) is 8.43. The fraction of sp³-hybridized carbons (Fsp3) is 0.632. The van der Waals surface area contributed by atoms with Gasteiger partial charge in [-0.25, -0.2) is 0 Å². The van der Waals surface area contributed by atoms with Crippen LogP contribution in [0.3, 0.4) is 0 Å². The van der Waals surface area contributed by atoms with Gasteiger partial charge in [0.1, 0.15) is 5.75 Å². The molecule has 2 unspecified atom stereocenters. The fourth-order valence-electron chi connectivity index (χ4n) is 2.51. The normalized spacial score (nSPS) is 14.0. The van der Waals surface area contributed by atoms with Gasteiger partial charge in [-0.15, -0.1) is 0 Å². The second-order valence-corrected chi connectivity index (χ2v) is 6.93. The minimum atomic E-state index is -0.499. The molecule has 23 heavy (non-hydrogen) atoms. The minimum absolute atomic E-state index is 0.0677. The Kier molecular flexibility index (Phi) is 7.56. The van der Waals surface area contributed by atoms with Crippen molar-refractivity contribution in [2.24, 2.45) is 0 Å². The van der Waals surface area contributed by atoms with Crippen LogP contribution in [-0.4, -0.2) is 43.6 Å². The van der Waals surface area contributed by atoms with E-state index in [2.05, 4.69) is 37.1 Å². The maximum atomic E-state index is 12.2. The van der Waals surface area contributed by atoms with Crippen molar-refractivity contribution >= 4 is 5.91 Å². The molecule has 0 aliphatic rings. The smallest absolute Gasteiger partial charge is 0.260 e. The lowest BCUT2D eigenvalue weighted by Gasteiger charge is -2.20. The predicted octanol–water partition coefficient (Wildman–Crippen LogP) is 3.34. The van der Waals surface area contributed by atoms with E-state index in [1.165, 1.54) is 11.1 Å². The summed E-state index contributed by atoms with van der Waals surface area (Å²) >= 11 is 0. The quantitative estimate of drug-likeness (QED) is 0.799. The van der Waals surface area contributed by atoms with Crippen molar-refractivity contribution in [3.63, 3.8) is 0 Å². The number of nitrogens with one attached hydrogen (secondary N) is 1. The van der Waals surface area contributed by atoms with Gasteiger partial charge in [0.05, 0.1) is 0 Å². The van der Waals surface area contributed by atoms with Gasteiger partial charge >= 0.3 is 0 Å². The molecule has 0 spiro atoms. The van der Waals surface area contributed by atoms with Crippen LogP contribution < -0.4 is 10.1 Å². The molecule has 0 heterocycles. The summed E-state index contributed by atoms with van der Waals surface area (Å²) in [6.45, 7) is 11.2. The first-order valence-corrected chi connectivity index (χ1v) is 8.43. The Hall–Kier alpha value is -1.55. The zero-order valence-corrected chi connectivity index (χ0v) is 15.6. The van der Waals surface area contributed by atoms with Crippen LogP contribution >= 0.6 is 0 Å². The highest BCUT2D eigenvalue weighted by Crippen LogP contribution is 2.24. The number of benzene rings is 1. The van der Waals surface area contributed by atoms with Crippen molar-refractivity contribution in [1.29, 1.82) is 0 Å². The molecule has 0 fully saturated rings. The number of hydrogen-bond donors (Lipinski definition) is 1. The molecule has 1 aromatic carbocycles. The molecule has 130 valence electrons. The molecular formula is C19H32N2O2. The highest BCUT2D eigenvalue weighted by molar-refractivity contribution is 5.80. The maximum absolute atomic E-state index is 12.2. The van der Waals surface area contributed by atoms with Crippen LogP contribution in [0.2, 0.25) is 0 Å². The third-order valence-corrected chi connectivity index (χ3v) is 3.94. The number of nitrogens with zero attached hydrogens (tertiary/aromatic N) is 1. The summed E-state index contributed by atoms with van der Waals surface area (Å²) in [5.74, 6) is 1.17. The van der Waals surface area contributed by atoms with Gasteiger partial charge in [-0.05, 0) is 77.0 Å². The molecule has 0 bridgehead atoms. The number of hydrogen-bond acceptors (Lipinski definition) is 3. The van der Waals surface area contributed by atoms with Gasteiger partial charge < -0.3 is 15.0 Å². The average molecular weight is 320 g/mol. The van der Waals surface area contributed by atoms with Crippen LogP contribution in [0.5, 0.6) is 5.75 Å². The van der Waals surface area contributed by atoms with Crippen LogP contribution in [0.4, 0.5) is 0 Å². The molecule has 4 nitrogen and oxygen atoms in total. The van der Waals surface area contributed by atoms with E-state index < -0.39 is 6.10 Å². The van der Waals surface area contributed by atoms with E-state index in [4.69, 9.17) is 4.74 Å². The molecule has 4 heteroatoms. The number of aryl methyl sites for hydroxylation is 1. The van der Waals surface area contributed by atoms with Crippen molar-refractivity contribution in [2.75, 3.05) is 20.6 Å². The van der Waals surface area contributed by atoms with E-state index in [0.29, 0.717) is 5.92 Å². The van der Waals surface area contributed by atoms with E-state index in [9.17, 15) is 4.79 Å². The highest BCUT2D eigenvalue weighted by atomic mass is 16.5. The lowest BCUT2D eigenvalue weighted by atomic mass is 9.98. The largest absolute Gasteiger partial charge is 0.481 e. The van der Waals surface area contributed by atoms with E-state index in [1.807, 2.05) is 33.2 Å². The van der Waals surface area contributed by atoms with Gasteiger partial charge in [-0.3, -0.25) is 4.79 Å². The van der Waals surface area contributed by atoms with Crippen molar-refractivity contribution in [1.82, 2.24) is 10.2 Å². The second kappa shape index (κ2) is 8.92. The highest BCUT2D eigenvalue weighted by Gasteiger charge is 2.17. The first kappa shape index (κ1) is 19.5.